The minimum absolute atomic E-state index is 0.298. The first-order valence-electron chi connectivity index (χ1n) is 8.85. The fraction of sp³-hybridized carbons (Fsp3) is 0. The minimum Gasteiger partial charge on any atom is -0.323 e. The van der Waals surface area contributed by atoms with E-state index in [4.69, 9.17) is 11.6 Å². The van der Waals surface area contributed by atoms with Crippen LogP contribution in [0.4, 0.5) is 11.4 Å². The molecule has 29 heavy (non-hydrogen) atoms. The van der Waals surface area contributed by atoms with Crippen molar-refractivity contribution in [2.24, 2.45) is 0 Å². The molecule has 0 aliphatic carbocycles. The second-order valence-electron chi connectivity index (χ2n) is 6.41. The van der Waals surface area contributed by atoms with E-state index in [9.17, 15) is 14.4 Å². The van der Waals surface area contributed by atoms with Crippen molar-refractivity contribution in [2.75, 3.05) is 10.2 Å². The summed E-state index contributed by atoms with van der Waals surface area (Å²) in [5, 5.41) is 3.37. The van der Waals surface area contributed by atoms with Crippen molar-refractivity contribution < 1.29 is 14.4 Å². The van der Waals surface area contributed by atoms with Crippen LogP contribution in [0.15, 0.2) is 78.9 Å². The quantitative estimate of drug-likeness (QED) is 0.504. The molecule has 0 aromatic heterocycles. The number of anilines is 2. The number of hydrogen-bond acceptors (Lipinski definition) is 3. The number of benzene rings is 3. The van der Waals surface area contributed by atoms with Crippen LogP contribution in [-0.4, -0.2) is 17.7 Å². The number of amides is 3. The minimum atomic E-state index is -0.353. The number of fused-ring (bicyclic) bond motifs is 1. The van der Waals surface area contributed by atoms with Crippen LogP contribution in [0.3, 0.4) is 0 Å². The van der Waals surface area contributed by atoms with Crippen molar-refractivity contribution in [3.8, 4) is 0 Å². The van der Waals surface area contributed by atoms with Crippen molar-refractivity contribution in [3.05, 3.63) is 101 Å². The predicted molar refractivity (Wildman–Crippen MR) is 113 cm³/mol. The normalized spacial score (nSPS) is 13.1. The lowest BCUT2D eigenvalue weighted by Gasteiger charge is -2.14. The zero-order chi connectivity index (χ0) is 20.4. The van der Waals surface area contributed by atoms with Crippen molar-refractivity contribution in [1.82, 2.24) is 0 Å². The van der Waals surface area contributed by atoms with Gasteiger partial charge in [-0.1, -0.05) is 35.9 Å². The first kappa shape index (κ1) is 18.7. The van der Waals surface area contributed by atoms with Crippen LogP contribution >= 0.6 is 11.6 Å². The molecule has 3 amide bonds. The molecule has 0 fully saturated rings. The number of hydrogen-bond donors (Lipinski definition) is 1. The van der Waals surface area contributed by atoms with Crippen LogP contribution in [0, 0.1) is 0 Å². The van der Waals surface area contributed by atoms with Gasteiger partial charge in [0.1, 0.15) is 0 Å². The fourth-order valence-corrected chi connectivity index (χ4v) is 3.17. The predicted octanol–water partition coefficient (Wildman–Crippen LogP) is 4.79. The summed E-state index contributed by atoms with van der Waals surface area (Å²) in [6.45, 7) is 0. The Morgan fingerprint density at radius 2 is 1.41 bits per heavy atom. The zero-order valence-electron chi connectivity index (χ0n) is 15.1. The van der Waals surface area contributed by atoms with Gasteiger partial charge in [-0.3, -0.25) is 14.4 Å². The molecule has 1 aliphatic rings. The van der Waals surface area contributed by atoms with Gasteiger partial charge < -0.3 is 5.32 Å². The van der Waals surface area contributed by atoms with E-state index in [1.807, 2.05) is 12.1 Å². The monoisotopic (exact) mass is 402 g/mol. The molecule has 0 bridgehead atoms. The van der Waals surface area contributed by atoms with Crippen LogP contribution in [0.25, 0.3) is 6.08 Å². The van der Waals surface area contributed by atoms with Gasteiger partial charge in [-0.15, -0.1) is 0 Å². The van der Waals surface area contributed by atoms with Gasteiger partial charge in [-0.25, -0.2) is 4.90 Å². The molecule has 1 heterocycles. The molecule has 0 unspecified atom stereocenters. The van der Waals surface area contributed by atoms with E-state index in [1.54, 1.807) is 66.7 Å². The third-order valence-electron chi connectivity index (χ3n) is 4.48. The fourth-order valence-electron chi connectivity index (χ4n) is 3.05. The number of halogens is 1. The second-order valence-corrected chi connectivity index (χ2v) is 6.85. The molecule has 5 nitrogen and oxygen atoms in total. The number of carbonyl (C=O) groups excluding carboxylic acids is 3. The maximum atomic E-state index is 12.5. The topological polar surface area (TPSA) is 66.5 Å². The van der Waals surface area contributed by atoms with Gasteiger partial charge in [0.15, 0.2) is 0 Å². The second kappa shape index (κ2) is 7.73. The third kappa shape index (κ3) is 3.81. The molecule has 0 spiro atoms. The maximum absolute atomic E-state index is 12.5. The van der Waals surface area contributed by atoms with E-state index < -0.39 is 0 Å². The lowest BCUT2D eigenvalue weighted by atomic mass is 10.1. The number of rotatable bonds is 4. The Labute approximate surface area is 172 Å². The van der Waals surface area contributed by atoms with Gasteiger partial charge >= 0.3 is 0 Å². The first-order chi connectivity index (χ1) is 14.0. The van der Waals surface area contributed by atoms with Gasteiger partial charge in [0.25, 0.3) is 11.8 Å². The molecular weight excluding hydrogens is 388 g/mol. The highest BCUT2D eigenvalue weighted by Gasteiger charge is 2.36. The van der Waals surface area contributed by atoms with Gasteiger partial charge in [0, 0.05) is 16.8 Å². The van der Waals surface area contributed by atoms with Gasteiger partial charge in [-0.05, 0) is 60.2 Å². The van der Waals surface area contributed by atoms with Crippen molar-refractivity contribution in [3.63, 3.8) is 0 Å². The van der Waals surface area contributed by atoms with Crippen molar-refractivity contribution in [2.45, 2.75) is 0 Å². The first-order valence-corrected chi connectivity index (χ1v) is 9.23. The van der Waals surface area contributed by atoms with Crippen molar-refractivity contribution in [1.29, 1.82) is 0 Å². The smallest absolute Gasteiger partial charge is 0.266 e. The van der Waals surface area contributed by atoms with Crippen LogP contribution in [-0.2, 0) is 4.79 Å². The highest BCUT2D eigenvalue weighted by Crippen LogP contribution is 2.29. The number of imide groups is 1. The average Bonchev–Trinajstić information content (AvgIpc) is 2.99. The van der Waals surface area contributed by atoms with Crippen LogP contribution in [0.5, 0.6) is 0 Å². The summed E-state index contributed by atoms with van der Waals surface area (Å²) in [7, 11) is 0. The molecule has 6 heteroatoms. The molecule has 1 N–H and O–H groups in total. The average molecular weight is 403 g/mol. The Bertz CT molecular complexity index is 1100. The van der Waals surface area contributed by atoms with Gasteiger partial charge in [-0.2, -0.15) is 0 Å². The summed E-state index contributed by atoms with van der Waals surface area (Å²) in [6.07, 6.45) is 3.10. The summed E-state index contributed by atoms with van der Waals surface area (Å²) in [5.74, 6) is -1.00. The number of nitrogens with one attached hydrogen (secondary N) is 1. The summed E-state index contributed by atoms with van der Waals surface area (Å²) in [4.78, 5) is 38.3. The summed E-state index contributed by atoms with van der Waals surface area (Å²) in [5.41, 5.74) is 2.64. The van der Waals surface area contributed by atoms with E-state index in [-0.39, 0.29) is 17.7 Å². The van der Waals surface area contributed by atoms with E-state index in [1.165, 1.54) is 6.08 Å². The Morgan fingerprint density at radius 1 is 0.828 bits per heavy atom. The molecule has 0 saturated heterocycles. The molecule has 142 valence electrons. The highest BCUT2D eigenvalue weighted by atomic mass is 35.5. The van der Waals surface area contributed by atoms with Gasteiger partial charge in [0.2, 0.25) is 5.91 Å². The Morgan fingerprint density at radius 3 is 2.00 bits per heavy atom. The van der Waals surface area contributed by atoms with E-state index in [2.05, 4.69) is 5.32 Å². The number of carbonyl (C=O) groups is 3. The Kier molecular flexibility index (Phi) is 4.97. The van der Waals surface area contributed by atoms with Crippen molar-refractivity contribution >= 4 is 46.8 Å². The van der Waals surface area contributed by atoms with Gasteiger partial charge in [0.05, 0.1) is 16.8 Å². The molecule has 0 saturated carbocycles. The van der Waals surface area contributed by atoms with E-state index in [0.717, 1.165) is 10.5 Å². The molecule has 1 aliphatic heterocycles. The molecule has 3 aromatic rings. The summed E-state index contributed by atoms with van der Waals surface area (Å²) in [6, 6.07) is 20.4. The van der Waals surface area contributed by atoms with E-state index >= 15 is 0 Å². The maximum Gasteiger partial charge on any atom is 0.266 e. The lowest BCUT2D eigenvalue weighted by molar-refractivity contribution is -0.111. The summed E-state index contributed by atoms with van der Waals surface area (Å²) >= 11 is 5.84. The lowest BCUT2D eigenvalue weighted by Crippen LogP contribution is -2.29. The SMILES string of the molecule is O=C(/C=C/c1ccc(Cl)cc1)Nc1ccc(N2C(=O)c3ccccc3C2=O)cc1. The largest absolute Gasteiger partial charge is 0.323 e. The molecular formula is C23H15ClN2O3. The summed E-state index contributed by atoms with van der Waals surface area (Å²) < 4.78 is 0. The van der Waals surface area contributed by atoms with E-state index in [0.29, 0.717) is 27.5 Å². The zero-order valence-corrected chi connectivity index (χ0v) is 15.9. The molecule has 4 rings (SSSR count). The Balaban J connectivity index is 1.45. The molecule has 3 aromatic carbocycles. The Hall–Kier alpha value is -3.70. The highest BCUT2D eigenvalue weighted by molar-refractivity contribution is 6.34. The third-order valence-corrected chi connectivity index (χ3v) is 4.74. The molecule has 0 radical (unpaired) electrons. The van der Waals surface area contributed by atoms with Crippen LogP contribution in [0.2, 0.25) is 5.02 Å². The van der Waals surface area contributed by atoms with Crippen LogP contribution in [0.1, 0.15) is 26.3 Å². The molecule has 0 atom stereocenters. The standard InChI is InChI=1S/C23H15ClN2O3/c24-16-8-5-15(6-9-16)7-14-21(27)25-17-10-12-18(13-11-17)26-22(28)19-3-1-2-4-20(19)23(26)29/h1-14H,(H,25,27)/b14-7+. The number of nitrogens with zero attached hydrogens (tertiary/aromatic N) is 1. The van der Waals surface area contributed by atoms with Crippen LogP contribution < -0.4 is 10.2 Å².